The van der Waals surface area contributed by atoms with Crippen LogP contribution in [0.3, 0.4) is 0 Å². The standard InChI is InChI=1S/C21H21F3N4O/c1-2-9-27(11-16-5-3-4-6-19(16)23)12-21(29,13-28-15-25-14-26-28)18-8-7-17(22)10-20(18)24/h2-8,10,14-15,29H,1,9,11-13H2/t21-/m1/s1. The first kappa shape index (κ1) is 20.8. The van der Waals surface area contributed by atoms with Crippen molar-refractivity contribution in [2.45, 2.75) is 18.7 Å². The summed E-state index contributed by atoms with van der Waals surface area (Å²) in [6.45, 7) is 3.99. The minimum absolute atomic E-state index is 0.0736. The van der Waals surface area contributed by atoms with Crippen LogP contribution in [0.15, 0.2) is 67.8 Å². The summed E-state index contributed by atoms with van der Waals surface area (Å²) in [7, 11) is 0. The molecule has 5 nitrogen and oxygen atoms in total. The Hall–Kier alpha value is -2.97. The monoisotopic (exact) mass is 402 g/mol. The second-order valence-electron chi connectivity index (χ2n) is 6.80. The number of aromatic nitrogens is 3. The first-order valence-corrected chi connectivity index (χ1v) is 8.98. The highest BCUT2D eigenvalue weighted by Gasteiger charge is 2.35. The maximum absolute atomic E-state index is 14.6. The lowest BCUT2D eigenvalue weighted by atomic mass is 9.92. The molecule has 1 atom stereocenters. The van der Waals surface area contributed by atoms with Gasteiger partial charge < -0.3 is 5.11 Å². The van der Waals surface area contributed by atoms with Crippen LogP contribution < -0.4 is 0 Å². The van der Waals surface area contributed by atoms with E-state index in [2.05, 4.69) is 16.7 Å². The lowest BCUT2D eigenvalue weighted by molar-refractivity contribution is -0.0212. The van der Waals surface area contributed by atoms with Crippen LogP contribution in [0, 0.1) is 17.5 Å². The summed E-state index contributed by atoms with van der Waals surface area (Å²) in [6.07, 6.45) is 4.29. The van der Waals surface area contributed by atoms with Crippen molar-refractivity contribution in [3.63, 3.8) is 0 Å². The Morgan fingerprint density at radius 3 is 2.59 bits per heavy atom. The quantitative estimate of drug-likeness (QED) is 0.558. The Bertz CT molecular complexity index is 964. The molecule has 3 rings (SSSR count). The molecule has 0 saturated heterocycles. The maximum Gasteiger partial charge on any atom is 0.137 e. The molecule has 0 fully saturated rings. The molecule has 152 valence electrons. The van der Waals surface area contributed by atoms with E-state index in [4.69, 9.17) is 0 Å². The van der Waals surface area contributed by atoms with Crippen molar-refractivity contribution >= 4 is 0 Å². The van der Waals surface area contributed by atoms with Crippen LogP contribution in [0.1, 0.15) is 11.1 Å². The summed E-state index contributed by atoms with van der Waals surface area (Å²) in [5, 5.41) is 15.4. The highest BCUT2D eigenvalue weighted by atomic mass is 19.1. The molecule has 0 radical (unpaired) electrons. The predicted octanol–water partition coefficient (Wildman–Crippen LogP) is 3.27. The molecule has 29 heavy (non-hydrogen) atoms. The van der Waals surface area contributed by atoms with Gasteiger partial charge in [0.1, 0.15) is 35.7 Å². The van der Waals surface area contributed by atoms with Crippen molar-refractivity contribution in [2.24, 2.45) is 0 Å². The number of benzene rings is 2. The van der Waals surface area contributed by atoms with Gasteiger partial charge in [-0.15, -0.1) is 6.58 Å². The molecule has 0 amide bonds. The molecule has 1 heterocycles. The molecule has 1 aromatic heterocycles. The third-order valence-corrected chi connectivity index (χ3v) is 4.55. The van der Waals surface area contributed by atoms with Gasteiger partial charge in [0.05, 0.1) is 6.54 Å². The molecule has 3 aromatic rings. The first-order chi connectivity index (χ1) is 13.9. The smallest absolute Gasteiger partial charge is 0.137 e. The van der Waals surface area contributed by atoms with E-state index in [0.717, 1.165) is 12.1 Å². The normalized spacial score (nSPS) is 13.4. The van der Waals surface area contributed by atoms with Crippen molar-refractivity contribution in [1.82, 2.24) is 19.7 Å². The zero-order valence-electron chi connectivity index (χ0n) is 15.7. The molecule has 0 aliphatic heterocycles. The fraction of sp³-hybridized carbons (Fsp3) is 0.238. The van der Waals surface area contributed by atoms with Gasteiger partial charge in [-0.3, -0.25) is 4.90 Å². The van der Waals surface area contributed by atoms with Gasteiger partial charge in [0.25, 0.3) is 0 Å². The molecule has 2 aromatic carbocycles. The van der Waals surface area contributed by atoms with E-state index in [0.29, 0.717) is 12.1 Å². The zero-order chi connectivity index (χ0) is 20.9. The average molecular weight is 402 g/mol. The molecule has 0 spiro atoms. The van der Waals surface area contributed by atoms with Crippen LogP contribution >= 0.6 is 0 Å². The van der Waals surface area contributed by atoms with Gasteiger partial charge >= 0.3 is 0 Å². The SMILES string of the molecule is C=CCN(Cc1ccccc1F)C[C@@](O)(Cn1cncn1)c1ccc(F)cc1F. The van der Waals surface area contributed by atoms with E-state index in [1.807, 2.05) is 0 Å². The van der Waals surface area contributed by atoms with Gasteiger partial charge in [0, 0.05) is 36.8 Å². The average Bonchev–Trinajstić information content (AvgIpc) is 3.16. The Morgan fingerprint density at radius 1 is 1.14 bits per heavy atom. The minimum atomic E-state index is -1.78. The molecule has 0 bridgehead atoms. The number of aliphatic hydroxyl groups is 1. The Balaban J connectivity index is 1.95. The number of rotatable bonds is 9. The fourth-order valence-electron chi connectivity index (χ4n) is 3.27. The highest BCUT2D eigenvalue weighted by molar-refractivity contribution is 5.26. The number of nitrogens with zero attached hydrogens (tertiary/aromatic N) is 4. The van der Waals surface area contributed by atoms with Crippen LogP contribution in [0.2, 0.25) is 0 Å². The summed E-state index contributed by atoms with van der Waals surface area (Å²) < 4.78 is 43.5. The summed E-state index contributed by atoms with van der Waals surface area (Å²) >= 11 is 0. The van der Waals surface area contributed by atoms with Gasteiger partial charge in [0.15, 0.2) is 0 Å². The fourth-order valence-corrected chi connectivity index (χ4v) is 3.27. The van der Waals surface area contributed by atoms with Crippen molar-refractivity contribution in [3.8, 4) is 0 Å². The van der Waals surface area contributed by atoms with Crippen molar-refractivity contribution in [2.75, 3.05) is 13.1 Å². The van der Waals surface area contributed by atoms with E-state index < -0.39 is 17.2 Å². The van der Waals surface area contributed by atoms with Gasteiger partial charge in [-0.2, -0.15) is 5.10 Å². The Labute approximate surface area is 166 Å². The number of hydrogen-bond acceptors (Lipinski definition) is 4. The van der Waals surface area contributed by atoms with E-state index in [-0.39, 0.29) is 31.0 Å². The second kappa shape index (κ2) is 9.02. The molecule has 1 N–H and O–H groups in total. The van der Waals surface area contributed by atoms with Crippen LogP contribution in [-0.2, 0) is 18.7 Å². The number of hydrogen-bond donors (Lipinski definition) is 1. The maximum atomic E-state index is 14.6. The van der Waals surface area contributed by atoms with Crippen LogP contribution in [0.25, 0.3) is 0 Å². The Kier molecular flexibility index (Phi) is 6.46. The summed E-state index contributed by atoms with van der Waals surface area (Å²) in [5.74, 6) is -2.00. The summed E-state index contributed by atoms with van der Waals surface area (Å²) in [6, 6.07) is 9.30. The molecular weight excluding hydrogens is 381 g/mol. The molecule has 0 aliphatic carbocycles. The number of halogens is 3. The summed E-state index contributed by atoms with van der Waals surface area (Å²) in [4.78, 5) is 5.57. The van der Waals surface area contributed by atoms with Gasteiger partial charge in [-0.25, -0.2) is 22.8 Å². The van der Waals surface area contributed by atoms with Crippen molar-refractivity contribution < 1.29 is 18.3 Å². The topological polar surface area (TPSA) is 54.2 Å². The van der Waals surface area contributed by atoms with Crippen LogP contribution in [-0.4, -0.2) is 37.9 Å². The van der Waals surface area contributed by atoms with Crippen molar-refractivity contribution in [3.05, 3.63) is 96.4 Å². The van der Waals surface area contributed by atoms with E-state index in [1.165, 1.54) is 29.5 Å². The largest absolute Gasteiger partial charge is 0.382 e. The van der Waals surface area contributed by atoms with Crippen molar-refractivity contribution in [1.29, 1.82) is 0 Å². The molecular formula is C21H21F3N4O. The highest BCUT2D eigenvalue weighted by Crippen LogP contribution is 2.28. The lowest BCUT2D eigenvalue weighted by Crippen LogP contribution is -2.44. The third-order valence-electron chi connectivity index (χ3n) is 4.55. The van der Waals surface area contributed by atoms with E-state index in [1.54, 1.807) is 29.2 Å². The molecule has 0 unspecified atom stereocenters. The second-order valence-corrected chi connectivity index (χ2v) is 6.80. The zero-order valence-corrected chi connectivity index (χ0v) is 15.7. The van der Waals surface area contributed by atoms with Crippen LogP contribution in [0.5, 0.6) is 0 Å². The van der Waals surface area contributed by atoms with Gasteiger partial charge in [-0.05, 0) is 12.1 Å². The lowest BCUT2D eigenvalue weighted by Gasteiger charge is -2.34. The van der Waals surface area contributed by atoms with E-state index in [9.17, 15) is 18.3 Å². The van der Waals surface area contributed by atoms with Gasteiger partial charge in [-0.1, -0.05) is 30.3 Å². The molecule has 0 aliphatic rings. The Morgan fingerprint density at radius 2 is 1.93 bits per heavy atom. The summed E-state index contributed by atoms with van der Waals surface area (Å²) in [5.41, 5.74) is -1.44. The van der Waals surface area contributed by atoms with Gasteiger partial charge in [0.2, 0.25) is 0 Å². The van der Waals surface area contributed by atoms with E-state index >= 15 is 0 Å². The minimum Gasteiger partial charge on any atom is -0.382 e. The molecule has 0 saturated carbocycles. The first-order valence-electron chi connectivity index (χ1n) is 8.98. The van der Waals surface area contributed by atoms with Crippen LogP contribution in [0.4, 0.5) is 13.2 Å². The third kappa shape index (κ3) is 5.10. The molecule has 8 heteroatoms. The predicted molar refractivity (Wildman–Crippen MR) is 102 cm³/mol.